The first-order valence-corrected chi connectivity index (χ1v) is 5.23. The third-order valence-corrected chi connectivity index (χ3v) is 3.00. The fourth-order valence-electron chi connectivity index (χ4n) is 1.43. The lowest BCUT2D eigenvalue weighted by molar-refractivity contribution is -0.136. The van der Waals surface area contributed by atoms with Crippen molar-refractivity contribution in [3.05, 3.63) is 27.4 Å². The summed E-state index contributed by atoms with van der Waals surface area (Å²) in [6.45, 7) is 0. The molecule has 5 nitrogen and oxygen atoms in total. The van der Waals surface area contributed by atoms with Gasteiger partial charge in [-0.05, 0) is 0 Å². The highest BCUT2D eigenvalue weighted by molar-refractivity contribution is 7.98. The zero-order chi connectivity index (χ0) is 10.1. The fraction of sp³-hybridized carbons (Fsp3) is 0.375. The minimum Gasteiger partial charge on any atom is -0.481 e. The number of aromatic nitrogens is 2. The number of H-pyrrole nitrogens is 1. The zero-order valence-electron chi connectivity index (χ0n) is 7.24. The van der Waals surface area contributed by atoms with E-state index in [4.69, 9.17) is 5.11 Å². The predicted octanol–water partition coefficient (Wildman–Crippen LogP) is 0.144. The maximum absolute atomic E-state index is 11.1. The van der Waals surface area contributed by atoms with E-state index in [-0.39, 0.29) is 6.42 Å². The summed E-state index contributed by atoms with van der Waals surface area (Å²) >= 11 is 1.65. The third kappa shape index (κ3) is 1.65. The summed E-state index contributed by atoms with van der Waals surface area (Å²) in [4.78, 5) is 27.9. The standard InChI is InChI=1S/C8H8N2O3S/c11-7(12)1-5-4-2-14-3-6(4)10-8(13)9-5/h1-3H2,(H,11,12)(H,9,10,13). The van der Waals surface area contributed by atoms with E-state index in [9.17, 15) is 9.59 Å². The number of carboxylic acids is 1. The van der Waals surface area contributed by atoms with E-state index >= 15 is 0 Å². The van der Waals surface area contributed by atoms with E-state index in [1.807, 2.05) is 0 Å². The highest BCUT2D eigenvalue weighted by Gasteiger charge is 2.19. The van der Waals surface area contributed by atoms with Gasteiger partial charge in [0.1, 0.15) is 0 Å². The molecule has 0 aromatic carbocycles. The van der Waals surface area contributed by atoms with Gasteiger partial charge >= 0.3 is 11.7 Å². The van der Waals surface area contributed by atoms with Gasteiger partial charge < -0.3 is 10.1 Å². The Balaban J connectivity index is 2.48. The number of nitrogens with one attached hydrogen (secondary N) is 1. The molecule has 0 atom stereocenters. The van der Waals surface area contributed by atoms with Crippen LogP contribution in [0.25, 0.3) is 0 Å². The summed E-state index contributed by atoms with van der Waals surface area (Å²) in [6.07, 6.45) is -0.174. The number of hydrogen-bond acceptors (Lipinski definition) is 4. The topological polar surface area (TPSA) is 83.0 Å². The van der Waals surface area contributed by atoms with Gasteiger partial charge in [0.2, 0.25) is 0 Å². The van der Waals surface area contributed by atoms with Crippen LogP contribution in [0.4, 0.5) is 0 Å². The van der Waals surface area contributed by atoms with Crippen molar-refractivity contribution in [3.63, 3.8) is 0 Å². The monoisotopic (exact) mass is 212 g/mol. The lowest BCUT2D eigenvalue weighted by Crippen LogP contribution is -2.18. The second kappa shape index (κ2) is 3.45. The second-order valence-corrected chi connectivity index (χ2v) is 3.99. The summed E-state index contributed by atoms with van der Waals surface area (Å²) in [6, 6.07) is 0. The van der Waals surface area contributed by atoms with Crippen molar-refractivity contribution in [1.82, 2.24) is 9.97 Å². The number of hydrogen-bond donors (Lipinski definition) is 2. The Labute approximate surface area is 83.6 Å². The molecular formula is C8H8N2O3S. The Morgan fingerprint density at radius 3 is 3.07 bits per heavy atom. The lowest BCUT2D eigenvalue weighted by atomic mass is 10.1. The van der Waals surface area contributed by atoms with Crippen molar-refractivity contribution in [2.75, 3.05) is 0 Å². The number of fused-ring (bicyclic) bond motifs is 1. The largest absolute Gasteiger partial charge is 0.481 e. The van der Waals surface area contributed by atoms with Crippen molar-refractivity contribution in [1.29, 1.82) is 0 Å². The Bertz CT molecular complexity index is 441. The molecule has 1 aliphatic heterocycles. The van der Waals surface area contributed by atoms with E-state index in [0.717, 1.165) is 22.8 Å². The van der Waals surface area contributed by atoms with Crippen LogP contribution in [0.3, 0.4) is 0 Å². The van der Waals surface area contributed by atoms with Crippen molar-refractivity contribution in [2.45, 2.75) is 17.9 Å². The van der Waals surface area contributed by atoms with E-state index in [2.05, 4.69) is 9.97 Å². The van der Waals surface area contributed by atoms with Gasteiger partial charge in [-0.2, -0.15) is 16.7 Å². The van der Waals surface area contributed by atoms with Crippen LogP contribution < -0.4 is 5.69 Å². The molecule has 0 unspecified atom stereocenters. The molecule has 0 radical (unpaired) electrons. The summed E-state index contributed by atoms with van der Waals surface area (Å²) in [5, 5.41) is 8.63. The van der Waals surface area contributed by atoms with Crippen molar-refractivity contribution >= 4 is 17.7 Å². The average molecular weight is 212 g/mol. The van der Waals surface area contributed by atoms with Crippen molar-refractivity contribution in [3.8, 4) is 0 Å². The molecule has 1 aromatic rings. The number of aliphatic carboxylic acids is 1. The van der Waals surface area contributed by atoms with Crippen LogP contribution >= 0.6 is 11.8 Å². The molecule has 6 heteroatoms. The Kier molecular flexibility index (Phi) is 2.28. The quantitative estimate of drug-likeness (QED) is 0.728. The van der Waals surface area contributed by atoms with Gasteiger partial charge in [-0.3, -0.25) is 4.79 Å². The number of carbonyl (C=O) groups is 1. The minimum atomic E-state index is -0.956. The Morgan fingerprint density at radius 2 is 2.36 bits per heavy atom. The van der Waals surface area contributed by atoms with Gasteiger partial charge in [0, 0.05) is 22.8 Å². The number of aromatic amines is 1. The van der Waals surface area contributed by atoms with E-state index in [0.29, 0.717) is 5.69 Å². The smallest absolute Gasteiger partial charge is 0.345 e. The van der Waals surface area contributed by atoms with Crippen LogP contribution in [0.2, 0.25) is 0 Å². The minimum absolute atomic E-state index is 0.174. The molecule has 0 spiro atoms. The third-order valence-electron chi connectivity index (χ3n) is 2.02. The molecule has 1 aliphatic rings. The zero-order valence-corrected chi connectivity index (χ0v) is 8.06. The molecule has 1 aromatic heterocycles. The Hall–Kier alpha value is -1.30. The van der Waals surface area contributed by atoms with Crippen LogP contribution in [0, 0.1) is 0 Å². The molecule has 0 aliphatic carbocycles. The highest BCUT2D eigenvalue weighted by Crippen LogP contribution is 2.28. The van der Waals surface area contributed by atoms with Gasteiger partial charge in [0.15, 0.2) is 0 Å². The molecular weight excluding hydrogens is 204 g/mol. The lowest BCUT2D eigenvalue weighted by Gasteiger charge is -2.02. The molecule has 2 N–H and O–H groups in total. The number of carboxylic acid groups (broad SMARTS) is 1. The van der Waals surface area contributed by atoms with E-state index in [1.165, 1.54) is 0 Å². The molecule has 74 valence electrons. The number of thioether (sulfide) groups is 1. The van der Waals surface area contributed by atoms with Crippen LogP contribution in [-0.2, 0) is 22.7 Å². The molecule has 2 heterocycles. The maximum Gasteiger partial charge on any atom is 0.345 e. The second-order valence-electron chi connectivity index (χ2n) is 3.01. The molecule has 14 heavy (non-hydrogen) atoms. The summed E-state index contributed by atoms with van der Waals surface area (Å²) in [5.74, 6) is 0.517. The molecule has 0 fully saturated rings. The number of rotatable bonds is 2. The molecule has 2 rings (SSSR count). The van der Waals surface area contributed by atoms with Crippen LogP contribution in [-0.4, -0.2) is 21.0 Å². The van der Waals surface area contributed by atoms with Gasteiger partial charge in [0.25, 0.3) is 0 Å². The molecule has 0 amide bonds. The number of nitrogens with zero attached hydrogens (tertiary/aromatic N) is 1. The molecule has 0 saturated heterocycles. The van der Waals surface area contributed by atoms with Crippen molar-refractivity contribution < 1.29 is 9.90 Å². The van der Waals surface area contributed by atoms with Gasteiger partial charge in [-0.15, -0.1) is 0 Å². The van der Waals surface area contributed by atoms with Crippen molar-refractivity contribution in [2.24, 2.45) is 0 Å². The maximum atomic E-state index is 11.1. The summed E-state index contributed by atoms with van der Waals surface area (Å²) in [5.41, 5.74) is 1.66. The first kappa shape index (κ1) is 9.26. The average Bonchev–Trinajstić information content (AvgIpc) is 2.50. The summed E-state index contributed by atoms with van der Waals surface area (Å²) in [7, 11) is 0. The predicted molar refractivity (Wildman–Crippen MR) is 51.2 cm³/mol. The fourth-order valence-corrected chi connectivity index (χ4v) is 2.53. The SMILES string of the molecule is O=C(O)Cc1nc(=O)[nH]c2c1CSC2. The van der Waals surface area contributed by atoms with Crippen LogP contribution in [0.1, 0.15) is 17.0 Å². The highest BCUT2D eigenvalue weighted by atomic mass is 32.2. The van der Waals surface area contributed by atoms with Crippen LogP contribution in [0.5, 0.6) is 0 Å². The summed E-state index contributed by atoms with van der Waals surface area (Å²) < 4.78 is 0. The molecule has 0 bridgehead atoms. The Morgan fingerprint density at radius 1 is 1.57 bits per heavy atom. The van der Waals surface area contributed by atoms with Gasteiger partial charge in [0.05, 0.1) is 12.1 Å². The molecule has 0 saturated carbocycles. The first-order chi connectivity index (χ1) is 6.66. The van der Waals surface area contributed by atoms with E-state index in [1.54, 1.807) is 11.8 Å². The normalized spacial score (nSPS) is 14.0. The first-order valence-electron chi connectivity index (χ1n) is 4.07. The van der Waals surface area contributed by atoms with Gasteiger partial charge in [-0.1, -0.05) is 0 Å². The van der Waals surface area contributed by atoms with Gasteiger partial charge in [-0.25, -0.2) is 4.79 Å². The van der Waals surface area contributed by atoms with E-state index < -0.39 is 11.7 Å². The van der Waals surface area contributed by atoms with Crippen LogP contribution in [0.15, 0.2) is 4.79 Å².